The lowest BCUT2D eigenvalue weighted by molar-refractivity contribution is 0.391. The van der Waals surface area contributed by atoms with Crippen LogP contribution in [0.1, 0.15) is 37.3 Å². The minimum Gasteiger partial charge on any atom is -0.382 e. The van der Waals surface area contributed by atoms with Crippen LogP contribution in [0.25, 0.3) is 5.65 Å². The Morgan fingerprint density at radius 2 is 1.92 bits per heavy atom. The lowest BCUT2D eigenvalue weighted by Crippen LogP contribution is -2.25. The molecule has 0 saturated heterocycles. The second kappa shape index (κ2) is 6.74. The van der Waals surface area contributed by atoms with Gasteiger partial charge in [-0.3, -0.25) is 0 Å². The van der Waals surface area contributed by atoms with E-state index < -0.39 is 5.82 Å². The first-order valence-corrected chi connectivity index (χ1v) is 9.01. The average Bonchev–Trinajstić information content (AvgIpc) is 3.02. The van der Waals surface area contributed by atoms with Gasteiger partial charge in [-0.05, 0) is 43.9 Å². The first-order chi connectivity index (χ1) is 12.5. The van der Waals surface area contributed by atoms with Crippen LogP contribution in [0.3, 0.4) is 0 Å². The van der Waals surface area contributed by atoms with E-state index in [2.05, 4.69) is 10.4 Å². The molecular formula is C18H20ClFN6. The van der Waals surface area contributed by atoms with E-state index >= 15 is 0 Å². The number of benzene rings is 1. The van der Waals surface area contributed by atoms with Gasteiger partial charge in [-0.25, -0.2) is 13.9 Å². The van der Waals surface area contributed by atoms with Crippen LogP contribution in [0.5, 0.6) is 0 Å². The van der Waals surface area contributed by atoms with E-state index in [1.165, 1.54) is 6.07 Å². The van der Waals surface area contributed by atoms with Gasteiger partial charge in [0, 0.05) is 23.0 Å². The van der Waals surface area contributed by atoms with Crippen LogP contribution >= 0.6 is 11.6 Å². The van der Waals surface area contributed by atoms with E-state index in [1.807, 2.05) is 6.20 Å². The van der Waals surface area contributed by atoms with Gasteiger partial charge in [0.25, 0.3) is 0 Å². The standard InChI is InChI=1S/C18H20ClFN6/c19-11-3-6-14(13(20)7-11)23-15-8-17(22)25-26-9-16(24-18(15)26)10-1-4-12(21)5-2-10/h3,6-10,12,23H,1-2,4-5,21H2,(H2,22,25). The van der Waals surface area contributed by atoms with Crippen molar-refractivity contribution < 1.29 is 4.39 Å². The van der Waals surface area contributed by atoms with Gasteiger partial charge in [0.05, 0.1) is 23.3 Å². The maximum absolute atomic E-state index is 14.1. The van der Waals surface area contributed by atoms with Crippen LogP contribution in [0.2, 0.25) is 5.02 Å². The Kier molecular flexibility index (Phi) is 4.42. The van der Waals surface area contributed by atoms with Crippen LogP contribution in [0, 0.1) is 5.82 Å². The summed E-state index contributed by atoms with van der Waals surface area (Å²) < 4.78 is 15.8. The highest BCUT2D eigenvalue weighted by Crippen LogP contribution is 2.33. The predicted octanol–water partition coefficient (Wildman–Crippen LogP) is 3.83. The summed E-state index contributed by atoms with van der Waals surface area (Å²) >= 11 is 5.82. The lowest BCUT2D eigenvalue weighted by atomic mass is 9.85. The minimum absolute atomic E-state index is 0.280. The average molecular weight is 375 g/mol. The maximum Gasteiger partial charge on any atom is 0.177 e. The zero-order valence-corrected chi connectivity index (χ0v) is 14.9. The number of imidazole rings is 1. The predicted molar refractivity (Wildman–Crippen MR) is 101 cm³/mol. The Balaban J connectivity index is 1.70. The molecule has 5 N–H and O–H groups in total. The molecule has 136 valence electrons. The van der Waals surface area contributed by atoms with Crippen molar-refractivity contribution in [1.29, 1.82) is 0 Å². The third-order valence-electron chi connectivity index (χ3n) is 4.85. The number of nitrogens with two attached hydrogens (primary N) is 2. The molecule has 1 saturated carbocycles. The van der Waals surface area contributed by atoms with Gasteiger partial charge in [0.2, 0.25) is 0 Å². The van der Waals surface area contributed by atoms with Crippen LogP contribution in [-0.4, -0.2) is 20.6 Å². The molecule has 0 amide bonds. The molecule has 1 aliphatic rings. The van der Waals surface area contributed by atoms with Crippen LogP contribution < -0.4 is 16.8 Å². The minimum atomic E-state index is -0.445. The highest BCUT2D eigenvalue weighted by molar-refractivity contribution is 6.30. The van der Waals surface area contributed by atoms with Gasteiger partial charge in [0.1, 0.15) is 11.6 Å². The summed E-state index contributed by atoms with van der Waals surface area (Å²) in [4.78, 5) is 4.74. The molecule has 26 heavy (non-hydrogen) atoms. The van der Waals surface area contributed by atoms with Crippen LogP contribution in [-0.2, 0) is 0 Å². The van der Waals surface area contributed by atoms with Crippen molar-refractivity contribution in [3.8, 4) is 0 Å². The number of aromatic nitrogens is 3. The summed E-state index contributed by atoms with van der Waals surface area (Å²) in [5, 5.41) is 7.69. The monoisotopic (exact) mass is 374 g/mol. The van der Waals surface area contributed by atoms with Gasteiger partial charge < -0.3 is 16.8 Å². The lowest BCUT2D eigenvalue weighted by Gasteiger charge is -2.24. The normalized spacial score (nSPS) is 20.4. The Bertz CT molecular complexity index is 948. The van der Waals surface area contributed by atoms with Gasteiger partial charge >= 0.3 is 0 Å². The fraction of sp³-hybridized carbons (Fsp3) is 0.333. The van der Waals surface area contributed by atoms with Crippen molar-refractivity contribution in [2.75, 3.05) is 11.1 Å². The number of halogens is 2. The Labute approximate surface area is 155 Å². The quantitative estimate of drug-likeness (QED) is 0.647. The van der Waals surface area contributed by atoms with E-state index in [0.717, 1.165) is 31.4 Å². The Morgan fingerprint density at radius 1 is 1.15 bits per heavy atom. The molecule has 0 spiro atoms. The van der Waals surface area contributed by atoms with Crippen molar-refractivity contribution in [3.05, 3.63) is 47.0 Å². The van der Waals surface area contributed by atoms with Crippen LogP contribution in [0.4, 0.5) is 21.6 Å². The highest BCUT2D eigenvalue weighted by Gasteiger charge is 2.23. The van der Waals surface area contributed by atoms with E-state index in [-0.39, 0.29) is 6.04 Å². The molecule has 6 nitrogen and oxygen atoms in total. The molecule has 0 aliphatic heterocycles. The summed E-state index contributed by atoms with van der Waals surface area (Å²) in [5.41, 5.74) is 14.4. The number of fused-ring (bicyclic) bond motifs is 1. The van der Waals surface area contributed by atoms with Gasteiger partial charge in [0.15, 0.2) is 5.65 Å². The first-order valence-electron chi connectivity index (χ1n) is 8.63. The molecule has 0 atom stereocenters. The molecule has 1 fully saturated rings. The number of anilines is 3. The van der Waals surface area contributed by atoms with E-state index in [1.54, 1.807) is 22.7 Å². The number of hydrogen-bond acceptors (Lipinski definition) is 5. The van der Waals surface area contributed by atoms with Crippen molar-refractivity contribution in [2.45, 2.75) is 37.6 Å². The summed E-state index contributed by atoms with van der Waals surface area (Å²) in [5.74, 6) is 0.237. The smallest absolute Gasteiger partial charge is 0.177 e. The molecule has 2 aromatic heterocycles. The molecule has 4 rings (SSSR count). The second-order valence-electron chi connectivity index (χ2n) is 6.78. The second-order valence-corrected chi connectivity index (χ2v) is 7.21. The van der Waals surface area contributed by atoms with Crippen molar-refractivity contribution in [3.63, 3.8) is 0 Å². The number of nitrogen functional groups attached to an aromatic ring is 1. The third-order valence-corrected chi connectivity index (χ3v) is 5.09. The summed E-state index contributed by atoms with van der Waals surface area (Å²) in [6.07, 6.45) is 5.91. The van der Waals surface area contributed by atoms with Gasteiger partial charge in [-0.15, -0.1) is 5.10 Å². The SMILES string of the molecule is Nc1cc(Nc2ccc(Cl)cc2F)c2nc(C3CCC(N)CC3)cn2n1. The molecule has 3 aromatic rings. The number of hydrogen-bond donors (Lipinski definition) is 3. The molecule has 0 bridgehead atoms. The Hall–Kier alpha value is -2.38. The van der Waals surface area contributed by atoms with Gasteiger partial charge in [-0.2, -0.15) is 0 Å². The summed E-state index contributed by atoms with van der Waals surface area (Å²) in [7, 11) is 0. The number of rotatable bonds is 3. The molecule has 0 radical (unpaired) electrons. The largest absolute Gasteiger partial charge is 0.382 e. The van der Waals surface area contributed by atoms with Crippen molar-refractivity contribution >= 4 is 34.4 Å². The highest BCUT2D eigenvalue weighted by atomic mass is 35.5. The fourth-order valence-electron chi connectivity index (χ4n) is 3.45. The topological polar surface area (TPSA) is 94.3 Å². The van der Waals surface area contributed by atoms with Crippen molar-refractivity contribution in [1.82, 2.24) is 14.6 Å². The number of nitrogens with one attached hydrogen (secondary N) is 1. The molecule has 0 unspecified atom stereocenters. The van der Waals surface area contributed by atoms with E-state index in [0.29, 0.717) is 33.8 Å². The zero-order chi connectivity index (χ0) is 18.3. The molecular weight excluding hydrogens is 355 g/mol. The maximum atomic E-state index is 14.1. The zero-order valence-electron chi connectivity index (χ0n) is 14.1. The molecule has 1 aliphatic carbocycles. The Morgan fingerprint density at radius 3 is 2.65 bits per heavy atom. The fourth-order valence-corrected chi connectivity index (χ4v) is 3.61. The third kappa shape index (κ3) is 3.32. The summed E-state index contributed by atoms with van der Waals surface area (Å²) in [6, 6.07) is 6.39. The van der Waals surface area contributed by atoms with Crippen LogP contribution in [0.15, 0.2) is 30.5 Å². The molecule has 2 heterocycles. The molecule has 1 aromatic carbocycles. The van der Waals surface area contributed by atoms with E-state index in [9.17, 15) is 4.39 Å². The number of nitrogens with zero attached hydrogens (tertiary/aromatic N) is 3. The van der Waals surface area contributed by atoms with Gasteiger partial charge in [-0.1, -0.05) is 11.6 Å². The first kappa shape index (κ1) is 17.1. The summed E-state index contributed by atoms with van der Waals surface area (Å²) in [6.45, 7) is 0. The molecule has 8 heteroatoms. The van der Waals surface area contributed by atoms with Crippen molar-refractivity contribution in [2.24, 2.45) is 5.73 Å². The van der Waals surface area contributed by atoms with E-state index in [4.69, 9.17) is 28.1 Å².